The van der Waals surface area contributed by atoms with Gasteiger partial charge < -0.3 is 4.42 Å². The van der Waals surface area contributed by atoms with Crippen LogP contribution in [0.2, 0.25) is 0 Å². The second kappa shape index (κ2) is 5.47. The first-order chi connectivity index (χ1) is 11.9. The van der Waals surface area contributed by atoms with Crippen molar-refractivity contribution in [3.8, 4) is 0 Å². The second-order valence-electron chi connectivity index (χ2n) is 5.61. The van der Waals surface area contributed by atoms with Crippen LogP contribution in [0.4, 0.5) is 13.2 Å². The van der Waals surface area contributed by atoms with Gasteiger partial charge in [0.1, 0.15) is 11.1 Å². The number of benzene rings is 2. The zero-order chi connectivity index (χ0) is 17.6. The molecule has 0 radical (unpaired) electrons. The van der Waals surface area contributed by atoms with Gasteiger partial charge in [0.15, 0.2) is 0 Å². The number of rotatable bonds is 2. The van der Waals surface area contributed by atoms with E-state index in [-0.39, 0.29) is 17.7 Å². The number of para-hydroxylation sites is 1. The minimum absolute atomic E-state index is 0.00522. The summed E-state index contributed by atoms with van der Waals surface area (Å²) in [6.07, 6.45) is -3.24. The maximum Gasteiger partial charge on any atom is 0.416 e. The van der Waals surface area contributed by atoms with Crippen LogP contribution in [0.15, 0.2) is 64.1 Å². The van der Waals surface area contributed by atoms with Crippen molar-refractivity contribution in [3.05, 3.63) is 76.3 Å². The molecule has 0 fully saturated rings. The molecule has 0 amide bonds. The third kappa shape index (κ3) is 2.57. The summed E-state index contributed by atoms with van der Waals surface area (Å²) < 4.78 is 46.0. The highest BCUT2D eigenvalue weighted by molar-refractivity contribution is 6.01. The van der Waals surface area contributed by atoms with E-state index in [1.165, 1.54) is 24.5 Å². The van der Waals surface area contributed by atoms with Crippen molar-refractivity contribution in [2.24, 2.45) is 0 Å². The van der Waals surface area contributed by atoms with Crippen molar-refractivity contribution in [3.63, 3.8) is 0 Å². The van der Waals surface area contributed by atoms with Gasteiger partial charge in [0.25, 0.3) is 5.56 Å². The molecule has 0 aliphatic carbocycles. The lowest BCUT2D eigenvalue weighted by molar-refractivity contribution is -0.138. The molecule has 0 saturated carbocycles. The first kappa shape index (κ1) is 15.4. The van der Waals surface area contributed by atoms with Gasteiger partial charge in [-0.1, -0.05) is 30.3 Å². The van der Waals surface area contributed by atoms with E-state index >= 15 is 0 Å². The number of fused-ring (bicyclic) bond motifs is 3. The molecule has 126 valence electrons. The van der Waals surface area contributed by atoms with Gasteiger partial charge in [-0.05, 0) is 23.8 Å². The van der Waals surface area contributed by atoms with Crippen LogP contribution >= 0.6 is 0 Å². The third-order valence-electron chi connectivity index (χ3n) is 4.01. The fraction of sp³-hybridized carbons (Fsp3) is 0.111. The highest BCUT2D eigenvalue weighted by Crippen LogP contribution is 2.32. The fourth-order valence-electron chi connectivity index (χ4n) is 2.85. The van der Waals surface area contributed by atoms with E-state index in [9.17, 15) is 18.0 Å². The van der Waals surface area contributed by atoms with Crippen LogP contribution in [0.1, 0.15) is 11.1 Å². The third-order valence-corrected chi connectivity index (χ3v) is 4.01. The van der Waals surface area contributed by atoms with E-state index in [1.54, 1.807) is 24.3 Å². The summed E-state index contributed by atoms with van der Waals surface area (Å²) in [7, 11) is 0. The second-order valence-corrected chi connectivity index (χ2v) is 5.61. The molecule has 0 unspecified atom stereocenters. The van der Waals surface area contributed by atoms with E-state index in [1.807, 2.05) is 0 Å². The zero-order valence-corrected chi connectivity index (χ0v) is 12.7. The van der Waals surface area contributed by atoms with Crippen molar-refractivity contribution in [1.29, 1.82) is 0 Å². The molecule has 2 heterocycles. The topological polar surface area (TPSA) is 48.0 Å². The van der Waals surface area contributed by atoms with Gasteiger partial charge in [0.05, 0.1) is 18.4 Å². The number of furan rings is 1. The summed E-state index contributed by atoms with van der Waals surface area (Å²) in [5, 5.41) is 0.692. The Labute approximate surface area is 139 Å². The average Bonchev–Trinajstić information content (AvgIpc) is 2.96. The van der Waals surface area contributed by atoms with Crippen molar-refractivity contribution in [2.75, 3.05) is 0 Å². The Morgan fingerprint density at radius 3 is 2.56 bits per heavy atom. The van der Waals surface area contributed by atoms with Crippen LogP contribution in [0, 0.1) is 0 Å². The van der Waals surface area contributed by atoms with E-state index in [2.05, 4.69) is 4.98 Å². The molecular formula is C18H11F3N2O2. The first-order valence-corrected chi connectivity index (χ1v) is 7.47. The van der Waals surface area contributed by atoms with Gasteiger partial charge in [-0.3, -0.25) is 9.36 Å². The van der Waals surface area contributed by atoms with Gasteiger partial charge in [0.2, 0.25) is 5.58 Å². The van der Waals surface area contributed by atoms with E-state index < -0.39 is 17.3 Å². The van der Waals surface area contributed by atoms with Crippen LogP contribution < -0.4 is 5.56 Å². The normalized spacial score (nSPS) is 12.1. The van der Waals surface area contributed by atoms with Crippen LogP contribution in [-0.4, -0.2) is 9.55 Å². The lowest BCUT2D eigenvalue weighted by Crippen LogP contribution is -2.22. The Balaban J connectivity index is 1.85. The number of hydrogen-bond donors (Lipinski definition) is 0. The first-order valence-electron chi connectivity index (χ1n) is 7.47. The Kier molecular flexibility index (Phi) is 3.38. The summed E-state index contributed by atoms with van der Waals surface area (Å²) in [4.78, 5) is 16.8. The molecule has 7 heteroatoms. The van der Waals surface area contributed by atoms with Crippen molar-refractivity contribution in [2.45, 2.75) is 12.7 Å². The largest absolute Gasteiger partial charge is 0.448 e. The van der Waals surface area contributed by atoms with Crippen molar-refractivity contribution < 1.29 is 17.6 Å². The fourth-order valence-corrected chi connectivity index (χ4v) is 2.85. The van der Waals surface area contributed by atoms with Crippen LogP contribution in [-0.2, 0) is 12.7 Å². The monoisotopic (exact) mass is 344 g/mol. The molecule has 4 rings (SSSR count). The molecule has 2 aromatic carbocycles. The van der Waals surface area contributed by atoms with Gasteiger partial charge in [-0.15, -0.1) is 0 Å². The summed E-state index contributed by atoms with van der Waals surface area (Å²) in [6, 6.07) is 12.2. The molecule has 4 nitrogen and oxygen atoms in total. The molecule has 0 atom stereocenters. The van der Waals surface area contributed by atoms with Gasteiger partial charge in [0, 0.05) is 5.39 Å². The minimum atomic E-state index is -4.49. The molecule has 0 aliphatic heterocycles. The number of nitrogens with zero attached hydrogens (tertiary/aromatic N) is 2. The highest BCUT2D eigenvalue weighted by Gasteiger charge is 2.33. The van der Waals surface area contributed by atoms with E-state index in [0.29, 0.717) is 16.5 Å². The molecule has 0 saturated heterocycles. The van der Waals surface area contributed by atoms with Gasteiger partial charge in [-0.25, -0.2) is 4.98 Å². The molecule has 4 aromatic rings. The SMILES string of the molecule is O=c1c2oc3ccccc3c2ncn1Cc1ccccc1C(F)(F)F. The predicted octanol–water partition coefficient (Wildman–Crippen LogP) is 4.21. The highest BCUT2D eigenvalue weighted by atomic mass is 19.4. The minimum Gasteiger partial charge on any atom is -0.448 e. The molecule has 0 spiro atoms. The lowest BCUT2D eigenvalue weighted by atomic mass is 10.1. The Morgan fingerprint density at radius 1 is 1.04 bits per heavy atom. The van der Waals surface area contributed by atoms with Crippen LogP contribution in [0.25, 0.3) is 22.1 Å². The maximum absolute atomic E-state index is 13.1. The van der Waals surface area contributed by atoms with Gasteiger partial charge >= 0.3 is 6.18 Å². The molecule has 0 N–H and O–H groups in total. The molecule has 25 heavy (non-hydrogen) atoms. The van der Waals surface area contributed by atoms with E-state index in [4.69, 9.17) is 4.42 Å². The number of halogens is 3. The maximum atomic E-state index is 13.1. The molecule has 0 bridgehead atoms. The Morgan fingerprint density at radius 2 is 1.76 bits per heavy atom. The Hall–Kier alpha value is -3.09. The average molecular weight is 344 g/mol. The standard InChI is InChI=1S/C18H11F3N2O2/c19-18(20,21)13-7-3-1-5-11(13)9-23-10-22-15-12-6-2-4-8-14(12)25-16(15)17(23)24/h1-8,10H,9H2. The molecular weight excluding hydrogens is 333 g/mol. The Bertz CT molecular complexity index is 1140. The smallest absolute Gasteiger partial charge is 0.416 e. The van der Waals surface area contributed by atoms with E-state index in [0.717, 1.165) is 10.6 Å². The van der Waals surface area contributed by atoms with Gasteiger partial charge in [-0.2, -0.15) is 13.2 Å². The number of hydrogen-bond acceptors (Lipinski definition) is 3. The summed E-state index contributed by atoms with van der Waals surface area (Å²) >= 11 is 0. The van der Waals surface area contributed by atoms with Crippen molar-refractivity contribution >= 4 is 22.1 Å². The summed E-state index contributed by atoms with van der Waals surface area (Å²) in [5.74, 6) is 0. The lowest BCUT2D eigenvalue weighted by Gasteiger charge is -2.13. The summed E-state index contributed by atoms with van der Waals surface area (Å²) in [5.41, 5.74) is -0.344. The van der Waals surface area contributed by atoms with Crippen LogP contribution in [0.5, 0.6) is 0 Å². The molecule has 0 aliphatic rings. The molecule has 2 aromatic heterocycles. The number of aromatic nitrogens is 2. The summed E-state index contributed by atoms with van der Waals surface area (Å²) in [6.45, 7) is -0.242. The zero-order valence-electron chi connectivity index (χ0n) is 12.7. The van der Waals surface area contributed by atoms with Crippen LogP contribution in [0.3, 0.4) is 0 Å². The van der Waals surface area contributed by atoms with Crippen molar-refractivity contribution in [1.82, 2.24) is 9.55 Å². The predicted molar refractivity (Wildman–Crippen MR) is 86.3 cm³/mol. The quantitative estimate of drug-likeness (QED) is 0.547. The number of alkyl halides is 3.